The van der Waals surface area contributed by atoms with E-state index in [2.05, 4.69) is 20.9 Å². The fraction of sp³-hybridized carbons (Fsp3) is 0.238. The van der Waals surface area contributed by atoms with Gasteiger partial charge < -0.3 is 16.0 Å². The maximum Gasteiger partial charge on any atom is 0.257 e. The minimum atomic E-state index is -1.05. The van der Waals surface area contributed by atoms with E-state index in [4.69, 9.17) is 0 Å². The molecule has 0 aliphatic heterocycles. The van der Waals surface area contributed by atoms with Gasteiger partial charge in [0.1, 0.15) is 23.2 Å². The largest absolute Gasteiger partial charge is 0.340 e. The van der Waals surface area contributed by atoms with Crippen molar-refractivity contribution in [1.82, 2.24) is 10.3 Å². The molecular formula is C21H20F2N4O3S. The maximum absolute atomic E-state index is 13.9. The van der Waals surface area contributed by atoms with Crippen molar-refractivity contribution in [3.63, 3.8) is 0 Å². The molecule has 0 radical (unpaired) electrons. The molecule has 0 saturated carbocycles. The number of nitrogens with one attached hydrogen (secondary N) is 3. The van der Waals surface area contributed by atoms with E-state index in [0.29, 0.717) is 11.2 Å². The van der Waals surface area contributed by atoms with Crippen molar-refractivity contribution in [2.45, 2.75) is 26.8 Å². The van der Waals surface area contributed by atoms with Crippen LogP contribution in [0.2, 0.25) is 0 Å². The lowest BCUT2D eigenvalue weighted by molar-refractivity contribution is -0.119. The van der Waals surface area contributed by atoms with E-state index in [1.807, 2.05) is 0 Å². The Morgan fingerprint density at radius 2 is 1.71 bits per heavy atom. The number of anilines is 2. The molecule has 0 aliphatic carbocycles. The van der Waals surface area contributed by atoms with Crippen LogP contribution in [0.25, 0.3) is 10.2 Å². The second-order valence-electron chi connectivity index (χ2n) is 7.16. The highest BCUT2D eigenvalue weighted by atomic mass is 32.1. The highest BCUT2D eigenvalue weighted by Gasteiger charge is 2.28. The molecule has 0 spiro atoms. The van der Waals surface area contributed by atoms with Gasteiger partial charge in [0, 0.05) is 12.6 Å². The van der Waals surface area contributed by atoms with Gasteiger partial charge in [0.15, 0.2) is 5.13 Å². The zero-order chi connectivity index (χ0) is 22.7. The molecule has 0 fully saturated rings. The molecule has 1 heterocycles. The Kier molecular flexibility index (Phi) is 6.59. The van der Waals surface area contributed by atoms with Crippen LogP contribution in [-0.2, 0) is 9.59 Å². The Morgan fingerprint density at radius 3 is 2.32 bits per heavy atom. The summed E-state index contributed by atoms with van der Waals surface area (Å²) >= 11 is 1.19. The Bertz CT molecular complexity index is 1140. The SMILES string of the molecule is CC(=O)Nc1ccc2nc(NC(=O)[C@@H](NC(=O)c3c(F)cccc3F)C(C)C)sc2c1. The Morgan fingerprint density at radius 1 is 1.03 bits per heavy atom. The van der Waals surface area contributed by atoms with Gasteiger partial charge in [0.2, 0.25) is 11.8 Å². The number of fused-ring (bicyclic) bond motifs is 1. The van der Waals surface area contributed by atoms with Crippen molar-refractivity contribution in [1.29, 1.82) is 0 Å². The lowest BCUT2D eigenvalue weighted by Gasteiger charge is -2.21. The van der Waals surface area contributed by atoms with Gasteiger partial charge in [-0.1, -0.05) is 31.3 Å². The first-order valence-corrected chi connectivity index (χ1v) is 10.2. The van der Waals surface area contributed by atoms with Crippen LogP contribution in [-0.4, -0.2) is 28.7 Å². The summed E-state index contributed by atoms with van der Waals surface area (Å²) in [4.78, 5) is 40.7. The molecule has 31 heavy (non-hydrogen) atoms. The van der Waals surface area contributed by atoms with E-state index in [0.717, 1.165) is 22.9 Å². The highest BCUT2D eigenvalue weighted by molar-refractivity contribution is 7.22. The van der Waals surface area contributed by atoms with Crippen molar-refractivity contribution in [3.8, 4) is 0 Å². The average molecular weight is 446 g/mol. The number of halogens is 2. The first-order valence-electron chi connectivity index (χ1n) is 9.39. The van der Waals surface area contributed by atoms with E-state index in [1.165, 1.54) is 18.3 Å². The third-order valence-corrected chi connectivity index (χ3v) is 5.30. The van der Waals surface area contributed by atoms with Crippen LogP contribution in [0.4, 0.5) is 19.6 Å². The average Bonchev–Trinajstić information content (AvgIpc) is 3.06. The molecule has 0 aliphatic rings. The topological polar surface area (TPSA) is 100 Å². The van der Waals surface area contributed by atoms with Crippen molar-refractivity contribution < 1.29 is 23.2 Å². The quantitative estimate of drug-likeness (QED) is 0.534. The third kappa shape index (κ3) is 5.21. The number of thiazole rings is 1. The zero-order valence-corrected chi connectivity index (χ0v) is 17.8. The normalized spacial score (nSPS) is 11.9. The summed E-state index contributed by atoms with van der Waals surface area (Å²) in [6, 6.07) is 7.17. The summed E-state index contributed by atoms with van der Waals surface area (Å²) in [5.74, 6) is -4.18. The fourth-order valence-corrected chi connectivity index (χ4v) is 3.81. The maximum atomic E-state index is 13.9. The van der Waals surface area contributed by atoms with Gasteiger partial charge >= 0.3 is 0 Å². The van der Waals surface area contributed by atoms with Crippen LogP contribution in [0.3, 0.4) is 0 Å². The van der Waals surface area contributed by atoms with Gasteiger partial charge in [-0.2, -0.15) is 0 Å². The fourth-order valence-electron chi connectivity index (χ4n) is 2.91. The summed E-state index contributed by atoms with van der Waals surface area (Å²) < 4.78 is 28.5. The molecule has 0 bridgehead atoms. The molecule has 1 aromatic heterocycles. The number of carbonyl (C=O) groups excluding carboxylic acids is 3. The van der Waals surface area contributed by atoms with Gasteiger partial charge in [-0.25, -0.2) is 13.8 Å². The number of benzene rings is 2. The summed E-state index contributed by atoms with van der Waals surface area (Å²) in [5, 5.41) is 7.99. The minimum absolute atomic E-state index is 0.209. The summed E-state index contributed by atoms with van der Waals surface area (Å²) in [7, 11) is 0. The number of aromatic nitrogens is 1. The summed E-state index contributed by atoms with van der Waals surface area (Å²) in [6.07, 6.45) is 0. The predicted octanol–water partition coefficient (Wildman–Crippen LogP) is 3.93. The molecular weight excluding hydrogens is 426 g/mol. The van der Waals surface area contributed by atoms with Gasteiger partial charge in [0.05, 0.1) is 10.2 Å². The minimum Gasteiger partial charge on any atom is -0.340 e. The molecule has 3 rings (SSSR count). The van der Waals surface area contributed by atoms with Gasteiger partial charge in [-0.15, -0.1) is 0 Å². The van der Waals surface area contributed by atoms with Crippen LogP contribution < -0.4 is 16.0 Å². The van der Waals surface area contributed by atoms with Crippen molar-refractivity contribution in [3.05, 3.63) is 53.6 Å². The molecule has 2 aromatic carbocycles. The van der Waals surface area contributed by atoms with Crippen molar-refractivity contribution in [2.75, 3.05) is 10.6 Å². The molecule has 162 valence electrons. The lowest BCUT2D eigenvalue weighted by Crippen LogP contribution is -2.47. The molecule has 0 saturated heterocycles. The van der Waals surface area contributed by atoms with Crippen LogP contribution in [0.1, 0.15) is 31.1 Å². The Labute approximate surface area is 180 Å². The van der Waals surface area contributed by atoms with E-state index < -0.39 is 35.1 Å². The Hall–Kier alpha value is -3.40. The molecule has 0 unspecified atom stereocenters. The first-order chi connectivity index (χ1) is 14.7. The number of hydrogen-bond acceptors (Lipinski definition) is 5. The number of amides is 3. The molecule has 3 aromatic rings. The molecule has 3 amide bonds. The highest BCUT2D eigenvalue weighted by Crippen LogP contribution is 2.28. The second kappa shape index (κ2) is 9.17. The third-order valence-electron chi connectivity index (χ3n) is 4.36. The number of hydrogen-bond donors (Lipinski definition) is 3. The van der Waals surface area contributed by atoms with E-state index in [1.54, 1.807) is 32.0 Å². The summed E-state index contributed by atoms with van der Waals surface area (Å²) in [5.41, 5.74) is 0.472. The number of nitrogens with zero attached hydrogens (tertiary/aromatic N) is 1. The molecule has 1 atom stereocenters. The number of rotatable bonds is 6. The summed E-state index contributed by atoms with van der Waals surface area (Å²) in [6.45, 7) is 4.79. The van der Waals surface area contributed by atoms with Crippen LogP contribution in [0.5, 0.6) is 0 Å². The molecule has 7 nitrogen and oxygen atoms in total. The first kappa shape index (κ1) is 22.3. The Balaban J connectivity index is 1.77. The standard InChI is InChI=1S/C21H20F2N4O3S/c1-10(2)18(26-19(29)17-13(22)5-4-6-14(17)23)20(30)27-21-25-15-8-7-12(24-11(3)28)9-16(15)31-21/h4-10,18H,1-3H3,(H,24,28)(H,26,29)(H,25,27,30)/t18-/m0/s1. The van der Waals surface area contributed by atoms with Gasteiger partial charge in [-0.05, 0) is 36.2 Å². The monoisotopic (exact) mass is 446 g/mol. The van der Waals surface area contributed by atoms with Crippen molar-refractivity contribution in [2.24, 2.45) is 5.92 Å². The molecule has 10 heteroatoms. The van der Waals surface area contributed by atoms with Crippen LogP contribution in [0.15, 0.2) is 36.4 Å². The number of carbonyl (C=O) groups is 3. The van der Waals surface area contributed by atoms with Gasteiger partial charge in [-0.3, -0.25) is 14.4 Å². The van der Waals surface area contributed by atoms with E-state index in [9.17, 15) is 23.2 Å². The van der Waals surface area contributed by atoms with Gasteiger partial charge in [0.25, 0.3) is 5.91 Å². The van der Waals surface area contributed by atoms with Crippen LogP contribution >= 0.6 is 11.3 Å². The van der Waals surface area contributed by atoms with E-state index >= 15 is 0 Å². The predicted molar refractivity (Wildman–Crippen MR) is 115 cm³/mol. The van der Waals surface area contributed by atoms with Crippen LogP contribution in [0, 0.1) is 17.6 Å². The zero-order valence-electron chi connectivity index (χ0n) is 17.0. The second-order valence-corrected chi connectivity index (χ2v) is 8.19. The lowest BCUT2D eigenvalue weighted by atomic mass is 10.0. The molecule has 3 N–H and O–H groups in total. The van der Waals surface area contributed by atoms with E-state index in [-0.39, 0.29) is 17.0 Å². The van der Waals surface area contributed by atoms with Crippen molar-refractivity contribution >= 4 is 50.1 Å². The smallest absolute Gasteiger partial charge is 0.257 e.